The number of nitrogens with zero attached hydrogens (tertiary/aromatic N) is 2. The standard InChI is InChI=1S/C14H18FN3O3/c1-17(9-10-4-6-16-7-5-10)14(19)12-8-11(15)2-3-13(12)18(20)21/h2-3,8,10,16H,4-7,9H2,1H3. The van der Waals surface area contributed by atoms with Gasteiger partial charge in [0.05, 0.1) is 4.92 Å². The lowest BCUT2D eigenvalue weighted by Crippen LogP contribution is -2.37. The molecule has 7 heteroatoms. The lowest BCUT2D eigenvalue weighted by molar-refractivity contribution is -0.385. The fourth-order valence-electron chi connectivity index (χ4n) is 2.58. The normalized spacial score (nSPS) is 15.7. The molecule has 1 fully saturated rings. The number of carbonyl (C=O) groups is 1. The van der Waals surface area contributed by atoms with E-state index in [0.717, 1.165) is 44.1 Å². The molecule has 0 saturated carbocycles. The van der Waals surface area contributed by atoms with Crippen molar-refractivity contribution >= 4 is 11.6 Å². The Balaban J connectivity index is 2.14. The van der Waals surface area contributed by atoms with Crippen molar-refractivity contribution in [1.82, 2.24) is 10.2 Å². The number of nitrogens with one attached hydrogen (secondary N) is 1. The summed E-state index contributed by atoms with van der Waals surface area (Å²) in [5, 5.41) is 14.2. The van der Waals surface area contributed by atoms with Gasteiger partial charge in [0.2, 0.25) is 0 Å². The van der Waals surface area contributed by atoms with E-state index in [1.807, 2.05) is 0 Å². The average Bonchev–Trinajstić information content (AvgIpc) is 2.47. The van der Waals surface area contributed by atoms with E-state index in [2.05, 4.69) is 5.32 Å². The van der Waals surface area contributed by atoms with Gasteiger partial charge >= 0.3 is 0 Å². The highest BCUT2D eigenvalue weighted by Gasteiger charge is 2.25. The number of nitro groups is 1. The van der Waals surface area contributed by atoms with Gasteiger partial charge in [0, 0.05) is 19.7 Å². The third-order valence-corrected chi connectivity index (χ3v) is 3.72. The smallest absolute Gasteiger partial charge is 0.282 e. The number of halogens is 1. The predicted octanol–water partition coefficient (Wildman–Crippen LogP) is 1.81. The van der Waals surface area contributed by atoms with Gasteiger partial charge in [-0.1, -0.05) is 0 Å². The molecule has 0 spiro atoms. The predicted molar refractivity (Wildman–Crippen MR) is 75.6 cm³/mol. The minimum absolute atomic E-state index is 0.198. The van der Waals surface area contributed by atoms with Crippen LogP contribution in [0.3, 0.4) is 0 Å². The van der Waals surface area contributed by atoms with E-state index in [9.17, 15) is 19.3 Å². The minimum Gasteiger partial charge on any atom is -0.341 e. The molecule has 0 aliphatic carbocycles. The molecule has 0 unspecified atom stereocenters. The fraction of sp³-hybridized carbons (Fsp3) is 0.500. The maximum absolute atomic E-state index is 13.3. The first-order valence-corrected chi connectivity index (χ1v) is 6.89. The summed E-state index contributed by atoms with van der Waals surface area (Å²) in [4.78, 5) is 24.1. The van der Waals surface area contributed by atoms with Crippen molar-refractivity contribution in [1.29, 1.82) is 0 Å². The molecular formula is C14H18FN3O3. The van der Waals surface area contributed by atoms with Crippen LogP contribution in [0, 0.1) is 21.8 Å². The second-order valence-electron chi connectivity index (χ2n) is 5.30. The second kappa shape index (κ2) is 6.62. The minimum atomic E-state index is -0.662. The Kier molecular flexibility index (Phi) is 4.85. The third-order valence-electron chi connectivity index (χ3n) is 3.72. The van der Waals surface area contributed by atoms with Crippen LogP contribution in [0.2, 0.25) is 0 Å². The first kappa shape index (κ1) is 15.4. The van der Waals surface area contributed by atoms with E-state index >= 15 is 0 Å². The van der Waals surface area contributed by atoms with Crippen LogP contribution in [0.1, 0.15) is 23.2 Å². The zero-order chi connectivity index (χ0) is 15.4. The Morgan fingerprint density at radius 1 is 1.48 bits per heavy atom. The highest BCUT2D eigenvalue weighted by molar-refractivity contribution is 5.98. The molecule has 114 valence electrons. The fourth-order valence-corrected chi connectivity index (χ4v) is 2.58. The maximum atomic E-state index is 13.3. The van der Waals surface area contributed by atoms with Crippen molar-refractivity contribution in [2.24, 2.45) is 5.92 Å². The zero-order valence-electron chi connectivity index (χ0n) is 11.8. The number of nitro benzene ring substituents is 1. The third kappa shape index (κ3) is 3.75. The van der Waals surface area contributed by atoms with Crippen LogP contribution in [0.15, 0.2) is 18.2 Å². The molecule has 2 rings (SSSR count). The number of hydrogen-bond acceptors (Lipinski definition) is 4. The van der Waals surface area contributed by atoms with Gasteiger partial charge in [-0.3, -0.25) is 14.9 Å². The topological polar surface area (TPSA) is 75.5 Å². The van der Waals surface area contributed by atoms with Gasteiger partial charge in [0.15, 0.2) is 0 Å². The molecule has 1 saturated heterocycles. The van der Waals surface area contributed by atoms with E-state index in [4.69, 9.17) is 0 Å². The van der Waals surface area contributed by atoms with Crippen LogP contribution >= 0.6 is 0 Å². The molecule has 0 aromatic heterocycles. The molecular weight excluding hydrogens is 277 g/mol. The highest BCUT2D eigenvalue weighted by Crippen LogP contribution is 2.22. The summed E-state index contributed by atoms with van der Waals surface area (Å²) in [7, 11) is 1.60. The molecule has 6 nitrogen and oxygen atoms in total. The molecule has 0 atom stereocenters. The van der Waals surface area contributed by atoms with Gasteiger partial charge < -0.3 is 10.2 Å². The molecule has 1 aromatic carbocycles. The van der Waals surface area contributed by atoms with Crippen molar-refractivity contribution < 1.29 is 14.1 Å². The lowest BCUT2D eigenvalue weighted by Gasteiger charge is -2.27. The molecule has 0 bridgehead atoms. The van der Waals surface area contributed by atoms with Crippen molar-refractivity contribution in [3.8, 4) is 0 Å². The van der Waals surface area contributed by atoms with E-state index in [-0.39, 0.29) is 11.3 Å². The number of amides is 1. The first-order valence-electron chi connectivity index (χ1n) is 6.89. The van der Waals surface area contributed by atoms with Crippen LogP contribution in [0.5, 0.6) is 0 Å². The summed E-state index contributed by atoms with van der Waals surface area (Å²) in [5.74, 6) is -0.799. The Morgan fingerprint density at radius 2 is 2.14 bits per heavy atom. The summed E-state index contributed by atoms with van der Waals surface area (Å²) in [6.45, 7) is 2.34. The molecule has 1 N–H and O–H groups in total. The van der Waals surface area contributed by atoms with Crippen LogP contribution in [-0.2, 0) is 0 Å². The van der Waals surface area contributed by atoms with Crippen LogP contribution in [-0.4, -0.2) is 42.4 Å². The van der Waals surface area contributed by atoms with Gasteiger partial charge in [0.1, 0.15) is 11.4 Å². The van der Waals surface area contributed by atoms with Gasteiger partial charge in [0.25, 0.3) is 11.6 Å². The largest absolute Gasteiger partial charge is 0.341 e. The number of piperidine rings is 1. The number of benzene rings is 1. The van der Waals surface area contributed by atoms with E-state index < -0.39 is 16.6 Å². The Labute approximate surface area is 122 Å². The van der Waals surface area contributed by atoms with Gasteiger partial charge in [-0.25, -0.2) is 4.39 Å². The molecule has 21 heavy (non-hydrogen) atoms. The van der Waals surface area contributed by atoms with Crippen molar-refractivity contribution in [2.75, 3.05) is 26.7 Å². The van der Waals surface area contributed by atoms with Crippen molar-refractivity contribution in [3.63, 3.8) is 0 Å². The van der Waals surface area contributed by atoms with Gasteiger partial charge in [-0.15, -0.1) is 0 Å². The molecule has 1 aromatic rings. The van der Waals surface area contributed by atoms with E-state index in [0.29, 0.717) is 12.5 Å². The molecule has 1 aliphatic heterocycles. The summed E-state index contributed by atoms with van der Waals surface area (Å²) in [5.41, 5.74) is -0.560. The van der Waals surface area contributed by atoms with Crippen LogP contribution in [0.25, 0.3) is 0 Å². The lowest BCUT2D eigenvalue weighted by atomic mass is 9.97. The number of carbonyl (C=O) groups excluding carboxylic acids is 1. The Bertz CT molecular complexity index is 544. The van der Waals surface area contributed by atoms with Crippen molar-refractivity contribution in [2.45, 2.75) is 12.8 Å². The van der Waals surface area contributed by atoms with Crippen LogP contribution in [0.4, 0.5) is 10.1 Å². The number of rotatable bonds is 4. The molecule has 1 heterocycles. The van der Waals surface area contributed by atoms with Gasteiger partial charge in [-0.2, -0.15) is 0 Å². The monoisotopic (exact) mass is 295 g/mol. The highest BCUT2D eigenvalue weighted by atomic mass is 19.1. The summed E-state index contributed by atoms with van der Waals surface area (Å²) in [6, 6.07) is 2.95. The summed E-state index contributed by atoms with van der Waals surface area (Å²) in [6.07, 6.45) is 1.92. The SMILES string of the molecule is CN(CC1CCNCC1)C(=O)c1cc(F)ccc1[N+](=O)[O-]. The van der Waals surface area contributed by atoms with E-state index in [1.165, 1.54) is 4.90 Å². The Morgan fingerprint density at radius 3 is 2.76 bits per heavy atom. The quantitative estimate of drug-likeness (QED) is 0.679. The average molecular weight is 295 g/mol. The zero-order valence-corrected chi connectivity index (χ0v) is 11.8. The van der Waals surface area contributed by atoms with Crippen LogP contribution < -0.4 is 5.32 Å². The maximum Gasteiger partial charge on any atom is 0.282 e. The molecule has 0 radical (unpaired) electrons. The second-order valence-corrected chi connectivity index (χ2v) is 5.30. The number of hydrogen-bond donors (Lipinski definition) is 1. The molecule has 1 aliphatic rings. The van der Waals surface area contributed by atoms with E-state index in [1.54, 1.807) is 7.05 Å². The Hall–Kier alpha value is -2.02. The molecule has 1 amide bonds. The first-order chi connectivity index (χ1) is 9.99. The van der Waals surface area contributed by atoms with Crippen molar-refractivity contribution in [3.05, 3.63) is 39.7 Å². The summed E-state index contributed by atoms with van der Waals surface area (Å²) < 4.78 is 13.3. The summed E-state index contributed by atoms with van der Waals surface area (Å²) >= 11 is 0. The van der Waals surface area contributed by atoms with Gasteiger partial charge in [-0.05, 0) is 44.0 Å².